The molecule has 0 saturated carbocycles. The van der Waals surface area contributed by atoms with E-state index < -0.39 is 53.3 Å². The number of nitrogens with zero attached hydrogens (tertiary/aromatic N) is 3. The van der Waals surface area contributed by atoms with Crippen LogP contribution in [-0.2, 0) is 25.8 Å². The first-order valence-electron chi connectivity index (χ1n) is 17.7. The van der Waals surface area contributed by atoms with Crippen LogP contribution in [0.3, 0.4) is 0 Å². The fraction of sp³-hybridized carbons (Fsp3) is 0.385. The molecule has 15 nitrogen and oxygen atoms in total. The number of allylic oxidation sites excluding steroid dienone is 5. The number of aromatic nitrogens is 1. The van der Waals surface area contributed by atoms with Gasteiger partial charge < -0.3 is 34.5 Å². The summed E-state index contributed by atoms with van der Waals surface area (Å²) in [6.07, 6.45) is 2.52. The summed E-state index contributed by atoms with van der Waals surface area (Å²) in [5.41, 5.74) is 4.10. The minimum absolute atomic E-state index is 0.0874. The largest absolute Gasteiger partial charge is 0.466 e. The van der Waals surface area contributed by atoms with Crippen LogP contribution in [0, 0.1) is 26.0 Å². The molecule has 55 heavy (non-hydrogen) atoms. The molecule has 1 amide bonds. The van der Waals surface area contributed by atoms with Crippen molar-refractivity contribution < 1.29 is 48.8 Å². The predicted octanol–water partition coefficient (Wildman–Crippen LogP) is 6.82. The summed E-state index contributed by atoms with van der Waals surface area (Å²) in [5, 5.41) is 43.8. The van der Waals surface area contributed by atoms with Gasteiger partial charge in [-0.1, -0.05) is 62.9 Å². The van der Waals surface area contributed by atoms with Crippen LogP contribution >= 0.6 is 0 Å². The van der Waals surface area contributed by atoms with E-state index in [1.165, 1.54) is 12.1 Å². The van der Waals surface area contributed by atoms with Gasteiger partial charge in [0.15, 0.2) is 0 Å². The topological polar surface area (TPSA) is 206 Å². The van der Waals surface area contributed by atoms with Gasteiger partial charge in [0.25, 0.3) is 16.1 Å². The Bertz CT molecular complexity index is 1820. The van der Waals surface area contributed by atoms with Gasteiger partial charge in [-0.15, -0.1) is 20.2 Å². The van der Waals surface area contributed by atoms with Crippen molar-refractivity contribution in [3.63, 3.8) is 0 Å². The van der Waals surface area contributed by atoms with E-state index >= 15 is 0 Å². The maximum absolute atomic E-state index is 14.3. The molecule has 2 aromatic carbocycles. The molecule has 3 rings (SSSR count). The molecule has 3 N–H and O–H groups in total. The lowest BCUT2D eigenvalue weighted by molar-refractivity contribution is -0.774. The van der Waals surface area contributed by atoms with E-state index in [9.17, 15) is 44.4 Å². The lowest BCUT2D eigenvalue weighted by Gasteiger charge is -2.20. The number of para-hydroxylation sites is 1. The number of carbonyl (C=O) groups is 2. The molecule has 0 aliphatic carbocycles. The van der Waals surface area contributed by atoms with Crippen molar-refractivity contribution in [2.45, 2.75) is 83.6 Å². The summed E-state index contributed by atoms with van der Waals surface area (Å²) in [6.45, 7) is 8.96. The number of nitrogens with one attached hydrogen (secondary N) is 1. The van der Waals surface area contributed by atoms with E-state index in [1.807, 2.05) is 43.6 Å². The SMILES string of the molecule is C=C/C=C(\C=C/C)c1c(C(=O)Nc2ccccc2)c(C(C)C)n(CCC(O)C[C@@H](O)CC(=O)OCCC(CCO[N+](=O)[O-])O[N+](=O)[O-])c1-c1ccc(F)cc1. The second-order valence-electron chi connectivity index (χ2n) is 12.8. The molecule has 2 unspecified atom stereocenters. The third-order valence-corrected chi connectivity index (χ3v) is 8.37. The normalized spacial score (nSPS) is 13.3. The average Bonchev–Trinajstić information content (AvgIpc) is 3.46. The second-order valence-corrected chi connectivity index (χ2v) is 12.8. The number of aliphatic hydroxyl groups excluding tert-OH is 2. The van der Waals surface area contributed by atoms with Crippen molar-refractivity contribution in [2.75, 3.05) is 18.5 Å². The van der Waals surface area contributed by atoms with Crippen LogP contribution in [-0.4, -0.2) is 68.4 Å². The van der Waals surface area contributed by atoms with Crippen LogP contribution in [0.2, 0.25) is 0 Å². The fourth-order valence-electron chi connectivity index (χ4n) is 6.11. The first-order chi connectivity index (χ1) is 26.2. The molecule has 0 aliphatic rings. The van der Waals surface area contributed by atoms with Gasteiger partial charge >= 0.3 is 5.97 Å². The van der Waals surface area contributed by atoms with E-state index in [1.54, 1.807) is 48.6 Å². The third kappa shape index (κ3) is 13.5. The number of hydrogen-bond donors (Lipinski definition) is 3. The maximum atomic E-state index is 14.3. The first kappa shape index (κ1) is 43.5. The van der Waals surface area contributed by atoms with Gasteiger partial charge in [0.1, 0.15) is 11.9 Å². The Morgan fingerprint density at radius 1 is 0.964 bits per heavy atom. The smallest absolute Gasteiger partial charge is 0.308 e. The minimum Gasteiger partial charge on any atom is -0.466 e. The first-order valence-corrected chi connectivity index (χ1v) is 17.7. The van der Waals surface area contributed by atoms with Gasteiger partial charge in [-0.05, 0) is 79.6 Å². The van der Waals surface area contributed by atoms with Gasteiger partial charge in [-0.3, -0.25) is 9.59 Å². The Morgan fingerprint density at radius 3 is 2.24 bits per heavy atom. The summed E-state index contributed by atoms with van der Waals surface area (Å²) in [5.74, 6) is -1.87. The molecule has 0 radical (unpaired) electrons. The van der Waals surface area contributed by atoms with Crippen LogP contribution in [0.1, 0.15) is 80.4 Å². The van der Waals surface area contributed by atoms with Crippen molar-refractivity contribution >= 4 is 23.1 Å². The number of carbonyl (C=O) groups excluding carboxylic acids is 2. The van der Waals surface area contributed by atoms with Crippen LogP contribution in [0.4, 0.5) is 10.1 Å². The molecular weight excluding hydrogens is 719 g/mol. The highest BCUT2D eigenvalue weighted by atomic mass is 19.1. The molecule has 296 valence electrons. The van der Waals surface area contributed by atoms with Crippen LogP contribution in [0.15, 0.2) is 85.5 Å². The van der Waals surface area contributed by atoms with E-state index in [0.717, 1.165) is 0 Å². The Kier molecular flexibility index (Phi) is 17.2. The van der Waals surface area contributed by atoms with Crippen molar-refractivity contribution in [2.24, 2.45) is 0 Å². The molecule has 0 bridgehead atoms. The van der Waals surface area contributed by atoms with Crippen molar-refractivity contribution in [1.82, 2.24) is 4.57 Å². The number of amides is 1. The number of ether oxygens (including phenoxy) is 1. The number of rotatable bonds is 23. The Morgan fingerprint density at radius 2 is 1.64 bits per heavy atom. The number of halogens is 1. The van der Waals surface area contributed by atoms with Crippen LogP contribution in [0.25, 0.3) is 16.8 Å². The molecule has 1 aromatic heterocycles. The maximum Gasteiger partial charge on any atom is 0.308 e. The number of aliphatic hydroxyl groups is 2. The zero-order valence-corrected chi connectivity index (χ0v) is 31.0. The molecule has 0 saturated heterocycles. The Balaban J connectivity index is 1.88. The van der Waals surface area contributed by atoms with Crippen molar-refractivity contribution in [3.05, 3.63) is 128 Å². The molecule has 0 aliphatic heterocycles. The lowest BCUT2D eigenvalue weighted by atomic mass is 9.93. The van der Waals surface area contributed by atoms with Crippen LogP contribution < -0.4 is 5.32 Å². The monoisotopic (exact) mass is 766 g/mol. The molecule has 0 fully saturated rings. The highest BCUT2D eigenvalue weighted by Crippen LogP contribution is 2.41. The average molecular weight is 767 g/mol. The van der Waals surface area contributed by atoms with Gasteiger partial charge in [-0.25, -0.2) is 4.39 Å². The highest BCUT2D eigenvalue weighted by molar-refractivity contribution is 6.11. The van der Waals surface area contributed by atoms with Crippen molar-refractivity contribution in [3.8, 4) is 11.3 Å². The standard InChI is InChI=1S/C39H47FN4O11/c1-5-10-27(11-6-2)35-36(39(48)41-30-12-8-7-9-13-30)37(26(3)4)42(38(35)28-14-16-29(40)17-15-28)21-18-31(45)24-32(46)25-34(47)53-22-19-33(55-44(51)52)20-23-54-43(49)50/h5-17,26,31-33,45-46H,1,18-25H2,2-4H3,(H,41,48)/b11-6-,27-10+/t31?,32-,33?/m1/s1. The number of benzene rings is 2. The molecule has 3 atom stereocenters. The molecule has 0 spiro atoms. The van der Waals surface area contributed by atoms with Gasteiger partial charge in [0.05, 0.1) is 43.1 Å². The number of anilines is 1. The summed E-state index contributed by atoms with van der Waals surface area (Å²) in [6, 6.07) is 14.9. The molecule has 16 heteroatoms. The van der Waals surface area contributed by atoms with E-state index in [2.05, 4.69) is 21.6 Å². The Hall–Kier alpha value is -5.87. The summed E-state index contributed by atoms with van der Waals surface area (Å²) in [4.78, 5) is 56.4. The quantitative estimate of drug-likeness (QED) is 0.0395. The minimum atomic E-state index is -1.31. The number of esters is 1. The van der Waals surface area contributed by atoms with Gasteiger partial charge in [0, 0.05) is 29.9 Å². The van der Waals surface area contributed by atoms with Crippen molar-refractivity contribution in [1.29, 1.82) is 0 Å². The number of hydrogen-bond acceptors (Lipinski definition) is 11. The predicted molar refractivity (Wildman–Crippen MR) is 202 cm³/mol. The van der Waals surface area contributed by atoms with Gasteiger partial charge in [0.2, 0.25) is 0 Å². The van der Waals surface area contributed by atoms with E-state index in [0.29, 0.717) is 39.3 Å². The van der Waals surface area contributed by atoms with E-state index in [-0.39, 0.29) is 50.7 Å². The Labute approximate surface area is 317 Å². The molecule has 3 aromatic rings. The lowest BCUT2D eigenvalue weighted by Crippen LogP contribution is -2.25. The zero-order chi connectivity index (χ0) is 40.5. The summed E-state index contributed by atoms with van der Waals surface area (Å²) < 4.78 is 21.2. The summed E-state index contributed by atoms with van der Waals surface area (Å²) >= 11 is 0. The fourth-order valence-corrected chi connectivity index (χ4v) is 6.11. The molecule has 1 heterocycles. The molecular formula is C39H47FN4O11. The van der Waals surface area contributed by atoms with Gasteiger partial charge in [-0.2, -0.15) is 0 Å². The van der Waals surface area contributed by atoms with Crippen LogP contribution in [0.5, 0.6) is 0 Å². The zero-order valence-electron chi connectivity index (χ0n) is 31.0. The highest BCUT2D eigenvalue weighted by Gasteiger charge is 2.31. The third-order valence-electron chi connectivity index (χ3n) is 8.37. The summed E-state index contributed by atoms with van der Waals surface area (Å²) in [7, 11) is 0. The van der Waals surface area contributed by atoms with E-state index in [4.69, 9.17) is 4.74 Å². The second kappa shape index (κ2) is 21.7.